The van der Waals surface area contributed by atoms with Gasteiger partial charge in [0.05, 0.1) is 0 Å². The summed E-state index contributed by atoms with van der Waals surface area (Å²) in [5, 5.41) is 0. The highest BCUT2D eigenvalue weighted by molar-refractivity contribution is 5.41. The Bertz CT molecular complexity index is 448. The molecule has 1 aromatic carbocycles. The second-order valence-corrected chi connectivity index (χ2v) is 8.01. The lowest BCUT2D eigenvalue weighted by atomic mass is 9.82. The largest absolute Gasteiger partial charge is 0.0625 e. The van der Waals surface area contributed by atoms with E-state index in [9.17, 15) is 0 Å². The van der Waals surface area contributed by atoms with Crippen LogP contribution in [-0.2, 0) is 25.7 Å². The molecular weight excluding hydrogens is 240 g/mol. The van der Waals surface area contributed by atoms with Crippen molar-refractivity contribution in [1.82, 2.24) is 0 Å². The molecule has 0 nitrogen and oxygen atoms in total. The van der Waals surface area contributed by atoms with Gasteiger partial charge in [0.2, 0.25) is 0 Å². The molecule has 0 fully saturated rings. The second kappa shape index (κ2) is 6.33. The van der Waals surface area contributed by atoms with Crippen LogP contribution in [0.2, 0.25) is 0 Å². The summed E-state index contributed by atoms with van der Waals surface area (Å²) in [5.74, 6) is 0.827. The molecule has 1 unspecified atom stereocenters. The van der Waals surface area contributed by atoms with Gasteiger partial charge in [0.1, 0.15) is 0 Å². The fourth-order valence-electron chi connectivity index (χ4n) is 3.84. The molecule has 0 bridgehead atoms. The summed E-state index contributed by atoms with van der Waals surface area (Å²) in [5.41, 5.74) is 6.97. The van der Waals surface area contributed by atoms with Crippen LogP contribution in [0.3, 0.4) is 0 Å². The van der Waals surface area contributed by atoms with Gasteiger partial charge in [0.15, 0.2) is 0 Å². The van der Waals surface area contributed by atoms with Crippen LogP contribution in [0.5, 0.6) is 0 Å². The van der Waals surface area contributed by atoms with Crippen molar-refractivity contribution in [2.75, 3.05) is 0 Å². The van der Waals surface area contributed by atoms with Crippen molar-refractivity contribution in [2.45, 2.75) is 79.6 Å². The summed E-state index contributed by atoms with van der Waals surface area (Å²) < 4.78 is 0. The first-order valence-electron chi connectivity index (χ1n) is 8.52. The van der Waals surface area contributed by atoms with Crippen molar-refractivity contribution in [1.29, 1.82) is 0 Å². The highest BCUT2D eigenvalue weighted by Gasteiger charge is 2.17. The van der Waals surface area contributed by atoms with Crippen LogP contribution in [0.1, 0.15) is 76.1 Å². The molecule has 0 spiro atoms. The van der Waals surface area contributed by atoms with Crippen molar-refractivity contribution >= 4 is 0 Å². The molecule has 1 atom stereocenters. The first kappa shape index (κ1) is 15.6. The van der Waals surface area contributed by atoms with E-state index < -0.39 is 0 Å². The quantitative estimate of drug-likeness (QED) is 0.641. The Labute approximate surface area is 126 Å². The first-order valence-corrected chi connectivity index (χ1v) is 8.52. The molecule has 0 heterocycles. The highest BCUT2D eigenvalue weighted by atomic mass is 14.2. The van der Waals surface area contributed by atoms with E-state index in [-0.39, 0.29) is 0 Å². The first-order chi connectivity index (χ1) is 9.39. The molecule has 20 heavy (non-hydrogen) atoms. The molecule has 0 N–H and O–H groups in total. The Morgan fingerprint density at radius 1 is 1.05 bits per heavy atom. The predicted octanol–water partition coefficient (Wildman–Crippen LogP) is 5.74. The Morgan fingerprint density at radius 3 is 2.20 bits per heavy atom. The van der Waals surface area contributed by atoms with Crippen molar-refractivity contribution in [2.24, 2.45) is 11.3 Å². The predicted molar refractivity (Wildman–Crippen MR) is 89.4 cm³/mol. The van der Waals surface area contributed by atoms with Crippen LogP contribution < -0.4 is 0 Å². The molecule has 2 rings (SSSR count). The Hall–Kier alpha value is -0.780. The fraction of sp³-hybridized carbons (Fsp3) is 0.700. The fourth-order valence-corrected chi connectivity index (χ4v) is 3.84. The lowest BCUT2D eigenvalue weighted by Crippen LogP contribution is -2.12. The van der Waals surface area contributed by atoms with E-state index in [0.717, 1.165) is 5.92 Å². The maximum absolute atomic E-state index is 2.53. The van der Waals surface area contributed by atoms with E-state index in [0.29, 0.717) is 5.41 Å². The van der Waals surface area contributed by atoms with Crippen molar-refractivity contribution in [3.63, 3.8) is 0 Å². The van der Waals surface area contributed by atoms with E-state index in [1.54, 1.807) is 22.3 Å². The number of fused-ring (bicyclic) bond motifs is 1. The molecule has 0 amide bonds. The minimum atomic E-state index is 0.463. The molecule has 1 aliphatic rings. The second-order valence-electron chi connectivity index (χ2n) is 8.01. The average molecular weight is 272 g/mol. The summed E-state index contributed by atoms with van der Waals surface area (Å²) in [7, 11) is 0. The maximum Gasteiger partial charge on any atom is -0.0273 e. The van der Waals surface area contributed by atoms with Gasteiger partial charge >= 0.3 is 0 Å². The molecule has 1 aliphatic carbocycles. The third-order valence-corrected chi connectivity index (χ3v) is 4.66. The summed E-state index contributed by atoms with van der Waals surface area (Å²) in [4.78, 5) is 0. The molecule has 0 saturated carbocycles. The number of hydrogen-bond acceptors (Lipinski definition) is 0. The SMILES string of the molecule is CCc1cc2c(cc1CCC(C)CC(C)(C)C)CCC2. The zero-order chi connectivity index (χ0) is 14.8. The van der Waals surface area contributed by atoms with Crippen LogP contribution in [-0.4, -0.2) is 0 Å². The number of benzene rings is 1. The van der Waals surface area contributed by atoms with Crippen LogP contribution in [0, 0.1) is 11.3 Å². The van der Waals surface area contributed by atoms with E-state index in [1.165, 1.54) is 44.9 Å². The highest BCUT2D eigenvalue weighted by Crippen LogP contribution is 2.30. The Morgan fingerprint density at radius 2 is 1.65 bits per heavy atom. The zero-order valence-corrected chi connectivity index (χ0v) is 14.2. The van der Waals surface area contributed by atoms with E-state index in [2.05, 4.69) is 46.8 Å². The van der Waals surface area contributed by atoms with Gasteiger partial charge in [-0.2, -0.15) is 0 Å². The molecule has 0 heteroatoms. The topological polar surface area (TPSA) is 0 Å². The van der Waals surface area contributed by atoms with Gasteiger partial charge in [-0.1, -0.05) is 46.8 Å². The molecule has 1 aromatic rings. The Kier molecular flexibility index (Phi) is 4.94. The third kappa shape index (κ3) is 4.11. The molecule has 0 radical (unpaired) electrons. The van der Waals surface area contributed by atoms with Gasteiger partial charge in [-0.25, -0.2) is 0 Å². The van der Waals surface area contributed by atoms with Crippen molar-refractivity contribution in [3.8, 4) is 0 Å². The minimum absolute atomic E-state index is 0.463. The van der Waals surface area contributed by atoms with E-state index in [1.807, 2.05) is 0 Å². The monoisotopic (exact) mass is 272 g/mol. The molecule has 0 aliphatic heterocycles. The number of hydrogen-bond donors (Lipinski definition) is 0. The van der Waals surface area contributed by atoms with Crippen LogP contribution >= 0.6 is 0 Å². The summed E-state index contributed by atoms with van der Waals surface area (Å²) in [6, 6.07) is 5.04. The van der Waals surface area contributed by atoms with Gasteiger partial charge in [-0.05, 0) is 78.5 Å². The lowest BCUT2D eigenvalue weighted by molar-refractivity contribution is 0.297. The number of rotatable bonds is 5. The molecular formula is C20H32. The van der Waals surface area contributed by atoms with Gasteiger partial charge in [0, 0.05) is 0 Å². The van der Waals surface area contributed by atoms with Crippen molar-refractivity contribution < 1.29 is 0 Å². The van der Waals surface area contributed by atoms with Gasteiger partial charge < -0.3 is 0 Å². The maximum atomic E-state index is 2.53. The van der Waals surface area contributed by atoms with Crippen molar-refractivity contribution in [3.05, 3.63) is 34.4 Å². The smallest absolute Gasteiger partial charge is 0.0273 e. The zero-order valence-electron chi connectivity index (χ0n) is 14.2. The summed E-state index contributed by atoms with van der Waals surface area (Å²) >= 11 is 0. The molecule has 112 valence electrons. The average Bonchev–Trinajstić information content (AvgIpc) is 2.79. The summed E-state index contributed by atoms with van der Waals surface area (Å²) in [6.45, 7) is 11.8. The summed E-state index contributed by atoms with van der Waals surface area (Å²) in [6.07, 6.45) is 9.11. The Balaban J connectivity index is 2.02. The van der Waals surface area contributed by atoms with E-state index in [4.69, 9.17) is 0 Å². The molecule has 0 aromatic heterocycles. The van der Waals surface area contributed by atoms with Gasteiger partial charge in [0.25, 0.3) is 0 Å². The van der Waals surface area contributed by atoms with Gasteiger partial charge in [-0.3, -0.25) is 0 Å². The third-order valence-electron chi connectivity index (χ3n) is 4.66. The lowest BCUT2D eigenvalue weighted by Gasteiger charge is -2.23. The van der Waals surface area contributed by atoms with Gasteiger partial charge in [-0.15, -0.1) is 0 Å². The minimum Gasteiger partial charge on any atom is -0.0625 e. The van der Waals surface area contributed by atoms with Crippen LogP contribution in [0.15, 0.2) is 12.1 Å². The molecule has 0 saturated heterocycles. The van der Waals surface area contributed by atoms with Crippen LogP contribution in [0.4, 0.5) is 0 Å². The van der Waals surface area contributed by atoms with Crippen LogP contribution in [0.25, 0.3) is 0 Å². The number of aryl methyl sites for hydroxylation is 4. The van der Waals surface area contributed by atoms with E-state index >= 15 is 0 Å². The standard InChI is InChI=1S/C20H32/c1-6-16-12-17-8-7-9-18(17)13-19(16)11-10-15(2)14-20(3,4)5/h12-13,15H,6-11,14H2,1-5H3. The normalized spacial score (nSPS) is 16.2.